The van der Waals surface area contributed by atoms with Crippen molar-refractivity contribution in [1.82, 2.24) is 0 Å². The summed E-state index contributed by atoms with van der Waals surface area (Å²) < 4.78 is 49.4. The Hall–Kier alpha value is -1.63. The first-order valence-corrected chi connectivity index (χ1v) is 5.33. The van der Waals surface area contributed by atoms with Gasteiger partial charge in [-0.3, -0.25) is 4.79 Å². The molecule has 0 heterocycles. The molecule has 0 saturated heterocycles. The van der Waals surface area contributed by atoms with Crippen molar-refractivity contribution in [3.05, 3.63) is 22.7 Å². The fraction of sp³-hybridized carbons (Fsp3) is 0.364. The standard InChI is InChI=1S/C11H10ClF3O4/c1-17-9-4-6(19-11(13,14)15)3-8(12)7(9)5-10(16)18-2/h3-4H,5H2,1-2H3. The van der Waals surface area contributed by atoms with Gasteiger partial charge >= 0.3 is 12.3 Å². The zero-order valence-electron chi connectivity index (χ0n) is 10.0. The molecule has 1 aromatic rings. The maximum atomic E-state index is 12.1. The van der Waals surface area contributed by atoms with E-state index in [0.717, 1.165) is 12.1 Å². The van der Waals surface area contributed by atoms with Crippen molar-refractivity contribution in [2.24, 2.45) is 0 Å². The third-order valence-corrected chi connectivity index (χ3v) is 2.47. The van der Waals surface area contributed by atoms with Gasteiger partial charge in [0.2, 0.25) is 0 Å². The number of alkyl halides is 3. The number of methoxy groups -OCH3 is 2. The van der Waals surface area contributed by atoms with E-state index in [4.69, 9.17) is 16.3 Å². The molecule has 0 fully saturated rings. The molecular formula is C11H10ClF3O4. The number of carbonyl (C=O) groups is 1. The molecule has 0 N–H and O–H groups in total. The van der Waals surface area contributed by atoms with Gasteiger partial charge in [0, 0.05) is 11.6 Å². The Balaban J connectivity index is 3.11. The molecule has 0 spiro atoms. The summed E-state index contributed by atoms with van der Waals surface area (Å²) in [7, 11) is 2.42. The molecule has 106 valence electrons. The highest BCUT2D eigenvalue weighted by Crippen LogP contribution is 2.35. The van der Waals surface area contributed by atoms with Gasteiger partial charge in [0.05, 0.1) is 25.7 Å². The Labute approximate surface area is 112 Å². The molecule has 0 aliphatic heterocycles. The van der Waals surface area contributed by atoms with E-state index in [1.807, 2.05) is 0 Å². The molecule has 0 atom stereocenters. The van der Waals surface area contributed by atoms with Crippen LogP contribution in [0, 0.1) is 0 Å². The lowest BCUT2D eigenvalue weighted by Gasteiger charge is -2.14. The summed E-state index contributed by atoms with van der Waals surface area (Å²) >= 11 is 5.81. The van der Waals surface area contributed by atoms with Crippen molar-refractivity contribution in [1.29, 1.82) is 0 Å². The van der Waals surface area contributed by atoms with Gasteiger partial charge in [-0.15, -0.1) is 13.2 Å². The normalized spacial score (nSPS) is 11.1. The monoisotopic (exact) mass is 298 g/mol. The Morgan fingerprint density at radius 1 is 1.32 bits per heavy atom. The molecule has 0 aromatic heterocycles. The first-order chi connectivity index (χ1) is 8.76. The van der Waals surface area contributed by atoms with Crippen molar-refractivity contribution in [3.63, 3.8) is 0 Å². The average Bonchev–Trinajstić information content (AvgIpc) is 2.29. The second kappa shape index (κ2) is 6.01. The molecule has 0 bridgehead atoms. The number of carbonyl (C=O) groups excluding carboxylic acids is 1. The maximum absolute atomic E-state index is 12.1. The van der Waals surface area contributed by atoms with E-state index >= 15 is 0 Å². The maximum Gasteiger partial charge on any atom is 0.573 e. The molecule has 4 nitrogen and oxygen atoms in total. The number of ether oxygens (including phenoxy) is 3. The Morgan fingerprint density at radius 3 is 2.42 bits per heavy atom. The largest absolute Gasteiger partial charge is 0.573 e. The van der Waals surface area contributed by atoms with Crippen LogP contribution in [0.15, 0.2) is 12.1 Å². The summed E-state index contributed by atoms with van der Waals surface area (Å²) in [4.78, 5) is 11.2. The van der Waals surface area contributed by atoms with Gasteiger partial charge in [0.1, 0.15) is 11.5 Å². The fourth-order valence-corrected chi connectivity index (χ4v) is 1.62. The highest BCUT2D eigenvalue weighted by Gasteiger charge is 2.32. The number of benzene rings is 1. The van der Waals surface area contributed by atoms with Crippen LogP contribution in [0.4, 0.5) is 13.2 Å². The van der Waals surface area contributed by atoms with E-state index in [9.17, 15) is 18.0 Å². The quantitative estimate of drug-likeness (QED) is 0.802. The molecule has 0 amide bonds. The van der Waals surface area contributed by atoms with Crippen LogP contribution in [0.3, 0.4) is 0 Å². The number of hydrogen-bond acceptors (Lipinski definition) is 4. The molecule has 0 aliphatic carbocycles. The van der Waals surface area contributed by atoms with Crippen molar-refractivity contribution in [2.45, 2.75) is 12.8 Å². The van der Waals surface area contributed by atoms with Crippen LogP contribution in [-0.4, -0.2) is 26.6 Å². The molecule has 0 radical (unpaired) electrons. The number of rotatable bonds is 4. The number of esters is 1. The molecule has 8 heteroatoms. The van der Waals surface area contributed by atoms with Crippen LogP contribution in [0.25, 0.3) is 0 Å². The summed E-state index contributed by atoms with van der Waals surface area (Å²) in [6.45, 7) is 0. The van der Waals surface area contributed by atoms with Gasteiger partial charge in [-0.1, -0.05) is 11.6 Å². The molecule has 1 aromatic carbocycles. The predicted molar refractivity (Wildman–Crippen MR) is 60.4 cm³/mol. The first kappa shape index (κ1) is 15.4. The van der Waals surface area contributed by atoms with Gasteiger partial charge in [-0.05, 0) is 6.07 Å². The summed E-state index contributed by atoms with van der Waals surface area (Å²) in [5.74, 6) is -1.11. The minimum Gasteiger partial charge on any atom is -0.496 e. The second-order valence-corrected chi connectivity index (χ2v) is 3.79. The van der Waals surface area contributed by atoms with Gasteiger partial charge in [0.25, 0.3) is 0 Å². The summed E-state index contributed by atoms with van der Waals surface area (Å²) in [5, 5.41) is -0.0796. The third-order valence-electron chi connectivity index (χ3n) is 2.13. The number of hydrogen-bond donors (Lipinski definition) is 0. The molecule has 0 aliphatic rings. The van der Waals surface area contributed by atoms with Crippen LogP contribution >= 0.6 is 11.6 Å². The molecule has 0 saturated carbocycles. The minimum atomic E-state index is -4.84. The van der Waals surface area contributed by atoms with Crippen molar-refractivity contribution in [3.8, 4) is 11.5 Å². The van der Waals surface area contributed by atoms with Crippen LogP contribution in [-0.2, 0) is 16.0 Å². The highest BCUT2D eigenvalue weighted by atomic mass is 35.5. The van der Waals surface area contributed by atoms with Crippen LogP contribution < -0.4 is 9.47 Å². The molecule has 19 heavy (non-hydrogen) atoms. The molecular weight excluding hydrogens is 289 g/mol. The highest BCUT2D eigenvalue weighted by molar-refractivity contribution is 6.31. The smallest absolute Gasteiger partial charge is 0.496 e. The van der Waals surface area contributed by atoms with Crippen molar-refractivity contribution < 1.29 is 32.2 Å². The van der Waals surface area contributed by atoms with Crippen LogP contribution in [0.1, 0.15) is 5.56 Å². The van der Waals surface area contributed by atoms with Crippen molar-refractivity contribution in [2.75, 3.05) is 14.2 Å². The average molecular weight is 299 g/mol. The zero-order valence-corrected chi connectivity index (χ0v) is 10.8. The summed E-state index contributed by atoms with van der Waals surface area (Å²) in [6.07, 6.45) is -5.05. The topological polar surface area (TPSA) is 44.8 Å². The lowest BCUT2D eigenvalue weighted by atomic mass is 10.1. The van der Waals surface area contributed by atoms with E-state index in [1.165, 1.54) is 14.2 Å². The second-order valence-electron chi connectivity index (χ2n) is 3.39. The lowest BCUT2D eigenvalue weighted by molar-refractivity contribution is -0.274. The molecule has 0 unspecified atom stereocenters. The first-order valence-electron chi connectivity index (χ1n) is 4.95. The van der Waals surface area contributed by atoms with Gasteiger partial charge < -0.3 is 14.2 Å². The van der Waals surface area contributed by atoms with Crippen LogP contribution in [0.2, 0.25) is 5.02 Å². The Kier molecular flexibility index (Phi) is 4.88. The van der Waals surface area contributed by atoms with E-state index in [1.54, 1.807) is 0 Å². The predicted octanol–water partition coefficient (Wildman–Crippen LogP) is 2.96. The van der Waals surface area contributed by atoms with E-state index in [2.05, 4.69) is 9.47 Å². The minimum absolute atomic E-state index is 0.0113. The summed E-state index contributed by atoms with van der Waals surface area (Å²) in [6, 6.07) is 1.95. The fourth-order valence-electron chi connectivity index (χ4n) is 1.35. The summed E-state index contributed by atoms with van der Waals surface area (Å²) in [5.41, 5.74) is 0.227. The molecule has 1 rings (SSSR count). The Bertz CT molecular complexity index is 474. The van der Waals surface area contributed by atoms with E-state index < -0.39 is 18.1 Å². The van der Waals surface area contributed by atoms with Crippen molar-refractivity contribution >= 4 is 17.6 Å². The van der Waals surface area contributed by atoms with E-state index in [-0.39, 0.29) is 22.8 Å². The van der Waals surface area contributed by atoms with Gasteiger partial charge in [-0.25, -0.2) is 0 Å². The van der Waals surface area contributed by atoms with Gasteiger partial charge in [0.15, 0.2) is 0 Å². The third kappa shape index (κ3) is 4.51. The van der Waals surface area contributed by atoms with Crippen LogP contribution in [0.5, 0.6) is 11.5 Å². The van der Waals surface area contributed by atoms with Gasteiger partial charge in [-0.2, -0.15) is 0 Å². The number of halogens is 4. The SMILES string of the molecule is COC(=O)Cc1c(Cl)cc(OC(F)(F)F)cc1OC. The van der Waals surface area contributed by atoms with E-state index in [0.29, 0.717) is 0 Å². The lowest BCUT2D eigenvalue weighted by Crippen LogP contribution is -2.17. The Morgan fingerprint density at radius 2 is 1.95 bits per heavy atom. The zero-order chi connectivity index (χ0) is 14.6.